The lowest BCUT2D eigenvalue weighted by atomic mass is 9.81. The number of aromatic nitrogens is 1. The van der Waals surface area contributed by atoms with Crippen LogP contribution in [0.3, 0.4) is 0 Å². The molecule has 1 atom stereocenters. The van der Waals surface area contributed by atoms with Crippen molar-refractivity contribution in [3.63, 3.8) is 0 Å². The Kier molecular flexibility index (Phi) is 3.28. The van der Waals surface area contributed by atoms with Crippen molar-refractivity contribution in [3.05, 3.63) is 59.9 Å². The fourth-order valence-electron chi connectivity index (χ4n) is 2.85. The summed E-state index contributed by atoms with van der Waals surface area (Å²) in [5.41, 5.74) is 3.81. The number of hydrazone groups is 1. The summed E-state index contributed by atoms with van der Waals surface area (Å²) in [5, 5.41) is 6.88. The quantitative estimate of drug-likeness (QED) is 0.611. The summed E-state index contributed by atoms with van der Waals surface area (Å²) < 4.78 is 2.02. The van der Waals surface area contributed by atoms with E-state index in [9.17, 15) is 0 Å². The summed E-state index contributed by atoms with van der Waals surface area (Å²) in [7, 11) is 2.02. The second-order valence-corrected chi connectivity index (χ2v) is 6.30. The number of benzene rings is 1. The van der Waals surface area contributed by atoms with Crippen LogP contribution in [0.4, 0.5) is 5.69 Å². The van der Waals surface area contributed by atoms with Crippen LogP contribution < -0.4 is 9.58 Å². The maximum absolute atomic E-state index is 4.74. The van der Waals surface area contributed by atoms with E-state index in [4.69, 9.17) is 5.10 Å². The Bertz CT molecular complexity index is 671. The molecule has 1 aromatic carbocycles. The van der Waals surface area contributed by atoms with Crippen LogP contribution in [0.2, 0.25) is 0 Å². The Morgan fingerprint density at radius 3 is 2.52 bits per heavy atom. The van der Waals surface area contributed by atoms with E-state index in [0.29, 0.717) is 6.04 Å². The zero-order valence-electron chi connectivity index (χ0n) is 13.1. The predicted molar refractivity (Wildman–Crippen MR) is 86.6 cm³/mol. The number of hydrogen-bond acceptors (Lipinski definition) is 2. The standard InChI is InChI=1S/C18H22N3/c1-14-18(2,3)16-7-5-6-8-17(16)21(14)19-13-15-9-11-20(4)12-10-15/h5-14H,1-4H3/q+1. The minimum atomic E-state index is 0.108. The highest BCUT2D eigenvalue weighted by molar-refractivity contribution is 5.80. The van der Waals surface area contributed by atoms with Gasteiger partial charge in [0.25, 0.3) is 0 Å². The van der Waals surface area contributed by atoms with Crippen LogP contribution in [0, 0.1) is 0 Å². The van der Waals surface area contributed by atoms with E-state index in [2.05, 4.69) is 62.2 Å². The summed E-state index contributed by atoms with van der Waals surface area (Å²) in [4.78, 5) is 0. The molecule has 0 N–H and O–H groups in total. The van der Waals surface area contributed by atoms with Crippen molar-refractivity contribution in [1.82, 2.24) is 0 Å². The Morgan fingerprint density at radius 2 is 1.81 bits per heavy atom. The number of anilines is 1. The molecule has 21 heavy (non-hydrogen) atoms. The maximum Gasteiger partial charge on any atom is 0.169 e. The lowest BCUT2D eigenvalue weighted by molar-refractivity contribution is -0.671. The normalized spacial score (nSPS) is 20.0. The highest BCUT2D eigenvalue weighted by Crippen LogP contribution is 2.44. The van der Waals surface area contributed by atoms with Gasteiger partial charge in [-0.25, -0.2) is 4.57 Å². The van der Waals surface area contributed by atoms with Gasteiger partial charge in [0.15, 0.2) is 12.4 Å². The van der Waals surface area contributed by atoms with Crippen molar-refractivity contribution in [3.8, 4) is 0 Å². The van der Waals surface area contributed by atoms with Gasteiger partial charge in [0, 0.05) is 23.1 Å². The highest BCUT2D eigenvalue weighted by Gasteiger charge is 2.41. The molecule has 3 heteroatoms. The molecular formula is C18H22N3+. The molecule has 0 amide bonds. The van der Waals surface area contributed by atoms with Crippen molar-refractivity contribution in [2.45, 2.75) is 32.2 Å². The SMILES string of the molecule is CC1N(N=Cc2cc[n+](C)cc2)c2ccccc2C1(C)C. The van der Waals surface area contributed by atoms with Gasteiger partial charge >= 0.3 is 0 Å². The summed E-state index contributed by atoms with van der Waals surface area (Å²) in [6, 6.07) is 13.0. The van der Waals surface area contributed by atoms with Crippen LogP contribution >= 0.6 is 0 Å². The minimum Gasteiger partial charge on any atom is -0.262 e. The second-order valence-electron chi connectivity index (χ2n) is 6.30. The number of pyridine rings is 1. The Labute approximate surface area is 126 Å². The molecular weight excluding hydrogens is 258 g/mol. The first-order chi connectivity index (χ1) is 10.00. The minimum absolute atomic E-state index is 0.108. The summed E-state index contributed by atoms with van der Waals surface area (Å²) in [6.45, 7) is 6.81. The van der Waals surface area contributed by atoms with E-state index < -0.39 is 0 Å². The molecule has 0 spiro atoms. The first-order valence-electron chi connectivity index (χ1n) is 7.38. The molecule has 1 aromatic heterocycles. The van der Waals surface area contributed by atoms with Gasteiger partial charge in [0.05, 0.1) is 17.9 Å². The average Bonchev–Trinajstić information content (AvgIpc) is 2.67. The molecule has 0 aliphatic carbocycles. The van der Waals surface area contributed by atoms with Gasteiger partial charge in [-0.1, -0.05) is 32.0 Å². The number of aryl methyl sites for hydroxylation is 1. The van der Waals surface area contributed by atoms with Crippen LogP contribution in [-0.2, 0) is 12.5 Å². The van der Waals surface area contributed by atoms with Gasteiger partial charge < -0.3 is 0 Å². The molecule has 0 radical (unpaired) electrons. The number of nitrogens with zero attached hydrogens (tertiary/aromatic N) is 3. The molecule has 1 aliphatic rings. The van der Waals surface area contributed by atoms with Gasteiger partial charge in [-0.15, -0.1) is 0 Å². The third-order valence-corrected chi connectivity index (χ3v) is 4.59. The molecule has 0 saturated carbocycles. The molecule has 0 saturated heterocycles. The van der Waals surface area contributed by atoms with Gasteiger partial charge in [0.1, 0.15) is 7.05 Å². The molecule has 3 nitrogen and oxygen atoms in total. The predicted octanol–water partition coefficient (Wildman–Crippen LogP) is 3.03. The fourth-order valence-corrected chi connectivity index (χ4v) is 2.85. The zero-order valence-corrected chi connectivity index (χ0v) is 13.1. The van der Waals surface area contributed by atoms with Crippen molar-refractivity contribution in [2.24, 2.45) is 12.1 Å². The van der Waals surface area contributed by atoms with Gasteiger partial charge in [0.2, 0.25) is 0 Å². The molecule has 2 heterocycles. The lowest BCUT2D eigenvalue weighted by Gasteiger charge is -2.27. The first-order valence-corrected chi connectivity index (χ1v) is 7.38. The maximum atomic E-state index is 4.74. The van der Waals surface area contributed by atoms with E-state index in [-0.39, 0.29) is 5.41 Å². The van der Waals surface area contributed by atoms with Crippen LogP contribution in [-0.4, -0.2) is 12.3 Å². The largest absolute Gasteiger partial charge is 0.262 e. The van der Waals surface area contributed by atoms with E-state index >= 15 is 0 Å². The van der Waals surface area contributed by atoms with Crippen LogP contribution in [0.5, 0.6) is 0 Å². The van der Waals surface area contributed by atoms with Gasteiger partial charge in [-0.05, 0) is 18.6 Å². The van der Waals surface area contributed by atoms with Gasteiger partial charge in [-0.2, -0.15) is 5.10 Å². The number of rotatable bonds is 2. The topological polar surface area (TPSA) is 19.5 Å². The Hall–Kier alpha value is -2.16. The van der Waals surface area contributed by atoms with Crippen LogP contribution in [0.15, 0.2) is 53.9 Å². The summed E-state index contributed by atoms with van der Waals surface area (Å²) >= 11 is 0. The number of para-hydroxylation sites is 1. The molecule has 0 fully saturated rings. The second kappa shape index (κ2) is 4.99. The molecule has 3 rings (SSSR count). The fraction of sp³-hybridized carbons (Fsp3) is 0.333. The van der Waals surface area contributed by atoms with Crippen molar-refractivity contribution in [2.75, 3.05) is 5.01 Å². The number of hydrogen-bond donors (Lipinski definition) is 0. The van der Waals surface area contributed by atoms with Crippen molar-refractivity contribution >= 4 is 11.9 Å². The zero-order chi connectivity index (χ0) is 15.0. The van der Waals surface area contributed by atoms with E-state index in [1.807, 2.05) is 30.2 Å². The van der Waals surface area contributed by atoms with Crippen LogP contribution in [0.1, 0.15) is 31.9 Å². The van der Waals surface area contributed by atoms with E-state index in [0.717, 1.165) is 5.56 Å². The van der Waals surface area contributed by atoms with E-state index in [1.54, 1.807) is 0 Å². The summed E-state index contributed by atoms with van der Waals surface area (Å²) in [6.07, 6.45) is 6.01. The molecule has 108 valence electrons. The Balaban J connectivity index is 1.94. The monoisotopic (exact) mass is 280 g/mol. The average molecular weight is 280 g/mol. The van der Waals surface area contributed by atoms with Gasteiger partial charge in [-0.3, -0.25) is 5.01 Å². The smallest absolute Gasteiger partial charge is 0.169 e. The molecule has 1 aliphatic heterocycles. The molecule has 0 bridgehead atoms. The lowest BCUT2D eigenvalue weighted by Crippen LogP contribution is -2.36. The van der Waals surface area contributed by atoms with E-state index in [1.165, 1.54) is 11.3 Å². The Morgan fingerprint density at radius 1 is 1.14 bits per heavy atom. The first kappa shape index (κ1) is 13.8. The molecule has 2 aromatic rings. The van der Waals surface area contributed by atoms with Crippen LogP contribution in [0.25, 0.3) is 0 Å². The third kappa shape index (κ3) is 2.33. The summed E-state index contributed by atoms with van der Waals surface area (Å²) in [5.74, 6) is 0. The highest BCUT2D eigenvalue weighted by atomic mass is 15.5. The third-order valence-electron chi connectivity index (χ3n) is 4.59. The van der Waals surface area contributed by atoms with Crippen molar-refractivity contribution < 1.29 is 4.57 Å². The van der Waals surface area contributed by atoms with Crippen molar-refractivity contribution in [1.29, 1.82) is 0 Å². The number of fused-ring (bicyclic) bond motifs is 1. The molecule has 1 unspecified atom stereocenters.